The molecule has 8 heteroatoms. The number of carbonyl (C=O) groups is 2. The first kappa shape index (κ1) is 20.4. The first-order valence-corrected chi connectivity index (χ1v) is 9.76. The Kier molecular flexibility index (Phi) is 5.79. The number of carbonyl (C=O) groups excluding carboxylic acids is 2. The molecule has 28 heavy (non-hydrogen) atoms. The van der Waals surface area contributed by atoms with Gasteiger partial charge in [0.2, 0.25) is 0 Å². The topological polar surface area (TPSA) is 55.4 Å². The molecule has 2 atom stereocenters. The predicted octanol–water partition coefficient (Wildman–Crippen LogP) is 5.08. The Morgan fingerprint density at radius 3 is 2.57 bits per heavy atom. The highest BCUT2D eigenvalue weighted by Gasteiger charge is 2.30. The van der Waals surface area contributed by atoms with Gasteiger partial charge >= 0.3 is 12.1 Å². The molecule has 3 rings (SSSR count). The summed E-state index contributed by atoms with van der Waals surface area (Å²) in [6, 6.07) is 5.90. The molecule has 0 saturated heterocycles. The number of amides is 1. The van der Waals surface area contributed by atoms with Crippen molar-refractivity contribution in [1.29, 1.82) is 0 Å². The van der Waals surface area contributed by atoms with Gasteiger partial charge in [0.1, 0.15) is 4.88 Å². The molecule has 4 nitrogen and oxygen atoms in total. The van der Waals surface area contributed by atoms with Crippen LogP contribution in [0.2, 0.25) is 0 Å². The van der Waals surface area contributed by atoms with E-state index in [0.29, 0.717) is 10.8 Å². The molecule has 0 bridgehead atoms. The maximum absolute atomic E-state index is 12.6. The van der Waals surface area contributed by atoms with E-state index in [1.54, 1.807) is 0 Å². The quantitative estimate of drug-likeness (QED) is 0.714. The van der Waals surface area contributed by atoms with Crippen molar-refractivity contribution in [1.82, 2.24) is 0 Å². The van der Waals surface area contributed by atoms with Gasteiger partial charge in [-0.3, -0.25) is 4.79 Å². The second-order valence-electron chi connectivity index (χ2n) is 7.02. The van der Waals surface area contributed by atoms with Gasteiger partial charge in [-0.2, -0.15) is 13.2 Å². The number of anilines is 1. The van der Waals surface area contributed by atoms with Gasteiger partial charge < -0.3 is 10.1 Å². The van der Waals surface area contributed by atoms with E-state index in [1.807, 2.05) is 6.07 Å². The van der Waals surface area contributed by atoms with Crippen molar-refractivity contribution >= 4 is 28.9 Å². The van der Waals surface area contributed by atoms with Crippen LogP contribution >= 0.6 is 11.3 Å². The molecule has 1 aromatic carbocycles. The van der Waals surface area contributed by atoms with E-state index < -0.39 is 29.7 Å². The first-order valence-electron chi connectivity index (χ1n) is 8.94. The highest BCUT2D eigenvalue weighted by molar-refractivity contribution is 7.14. The number of hydrogen-bond donors (Lipinski definition) is 1. The van der Waals surface area contributed by atoms with Crippen molar-refractivity contribution in [3.63, 3.8) is 0 Å². The van der Waals surface area contributed by atoms with Crippen LogP contribution in [0.25, 0.3) is 0 Å². The molecule has 0 spiro atoms. The second-order valence-corrected chi connectivity index (χ2v) is 8.16. The van der Waals surface area contributed by atoms with E-state index in [1.165, 1.54) is 23.1 Å². The molecule has 0 unspecified atom stereocenters. The molecule has 0 saturated carbocycles. The maximum atomic E-state index is 12.6. The average Bonchev–Trinajstić information content (AvgIpc) is 3.04. The van der Waals surface area contributed by atoms with E-state index in [-0.39, 0.29) is 5.69 Å². The van der Waals surface area contributed by atoms with Gasteiger partial charge in [0.05, 0.1) is 5.56 Å². The molecule has 0 fully saturated rings. The lowest BCUT2D eigenvalue weighted by atomic mass is 9.90. The van der Waals surface area contributed by atoms with Crippen molar-refractivity contribution in [2.24, 2.45) is 5.92 Å². The third kappa shape index (κ3) is 4.73. The van der Waals surface area contributed by atoms with Crippen LogP contribution in [0.4, 0.5) is 18.9 Å². The number of benzene rings is 1. The lowest BCUT2D eigenvalue weighted by molar-refractivity contribution is -0.137. The van der Waals surface area contributed by atoms with Crippen LogP contribution in [0.15, 0.2) is 30.3 Å². The predicted molar refractivity (Wildman–Crippen MR) is 100 cm³/mol. The number of ether oxygens (including phenoxy) is 1. The van der Waals surface area contributed by atoms with Crippen molar-refractivity contribution in [2.45, 2.75) is 45.4 Å². The fraction of sp³-hybridized carbons (Fsp3) is 0.400. The minimum atomic E-state index is -4.44. The molecule has 2 aromatic rings. The minimum Gasteiger partial charge on any atom is -0.448 e. The Labute approximate surface area is 164 Å². The van der Waals surface area contributed by atoms with E-state index in [2.05, 4.69) is 12.2 Å². The van der Waals surface area contributed by atoms with Crippen LogP contribution in [0.5, 0.6) is 0 Å². The summed E-state index contributed by atoms with van der Waals surface area (Å²) in [5, 5.41) is 2.45. The monoisotopic (exact) mass is 411 g/mol. The lowest BCUT2D eigenvalue weighted by Gasteiger charge is -2.16. The molecular weight excluding hydrogens is 391 g/mol. The number of nitrogens with one attached hydrogen (secondary N) is 1. The number of rotatable bonds is 4. The fourth-order valence-electron chi connectivity index (χ4n) is 3.06. The number of esters is 1. The van der Waals surface area contributed by atoms with Crippen LogP contribution in [-0.4, -0.2) is 18.0 Å². The molecule has 1 aliphatic carbocycles. The summed E-state index contributed by atoms with van der Waals surface area (Å²) < 4.78 is 43.0. The summed E-state index contributed by atoms with van der Waals surface area (Å²) >= 11 is 1.39. The Bertz CT molecular complexity index is 874. The second kappa shape index (κ2) is 7.95. The molecule has 1 aliphatic rings. The van der Waals surface area contributed by atoms with Crippen molar-refractivity contribution in [3.05, 3.63) is 51.2 Å². The lowest BCUT2D eigenvalue weighted by Crippen LogP contribution is -2.29. The van der Waals surface area contributed by atoms with Crippen molar-refractivity contribution in [3.8, 4) is 0 Å². The van der Waals surface area contributed by atoms with Gasteiger partial charge in [0.25, 0.3) is 5.91 Å². The van der Waals surface area contributed by atoms with Crippen LogP contribution in [-0.2, 0) is 28.5 Å². The van der Waals surface area contributed by atoms with Gasteiger partial charge in [0.15, 0.2) is 6.10 Å². The number of hydrogen-bond acceptors (Lipinski definition) is 4. The zero-order chi connectivity index (χ0) is 20.5. The molecular formula is C20H20F3NO3S. The summed E-state index contributed by atoms with van der Waals surface area (Å²) in [6.07, 6.45) is -2.55. The first-order chi connectivity index (χ1) is 13.1. The molecule has 1 aromatic heterocycles. The molecule has 150 valence electrons. The highest BCUT2D eigenvalue weighted by atomic mass is 32.1. The van der Waals surface area contributed by atoms with Crippen LogP contribution in [0.1, 0.15) is 45.9 Å². The van der Waals surface area contributed by atoms with E-state index in [9.17, 15) is 22.8 Å². The number of halogens is 3. The minimum absolute atomic E-state index is 0.196. The van der Waals surface area contributed by atoms with Crippen LogP contribution in [0, 0.1) is 5.92 Å². The third-order valence-corrected chi connectivity index (χ3v) is 5.88. The van der Waals surface area contributed by atoms with E-state index in [4.69, 9.17) is 4.74 Å². The SMILES string of the molecule is C[C@@H]1CCc2sc(C(=O)O[C@@H](C)C(=O)Nc3ccc(C(F)(F)F)cc3)cc2C1. The van der Waals surface area contributed by atoms with Crippen LogP contribution < -0.4 is 5.32 Å². The van der Waals surface area contributed by atoms with E-state index in [0.717, 1.165) is 49.1 Å². The van der Waals surface area contributed by atoms with Gasteiger partial charge in [-0.1, -0.05) is 6.92 Å². The van der Waals surface area contributed by atoms with Gasteiger partial charge in [-0.25, -0.2) is 4.79 Å². The Morgan fingerprint density at radius 2 is 1.93 bits per heavy atom. The van der Waals surface area contributed by atoms with Crippen LogP contribution in [0.3, 0.4) is 0 Å². The number of fused-ring (bicyclic) bond motifs is 1. The number of aryl methyl sites for hydroxylation is 1. The third-order valence-electron chi connectivity index (χ3n) is 4.66. The normalized spacial score (nSPS) is 17.5. The zero-order valence-electron chi connectivity index (χ0n) is 15.4. The van der Waals surface area contributed by atoms with Crippen molar-refractivity contribution in [2.75, 3.05) is 5.32 Å². The van der Waals surface area contributed by atoms with Gasteiger partial charge in [-0.05, 0) is 68.0 Å². The molecule has 1 amide bonds. The summed E-state index contributed by atoms with van der Waals surface area (Å²) in [5.74, 6) is -0.593. The highest BCUT2D eigenvalue weighted by Crippen LogP contribution is 2.33. The van der Waals surface area contributed by atoms with Crippen molar-refractivity contribution < 1.29 is 27.5 Å². The Morgan fingerprint density at radius 1 is 1.25 bits per heavy atom. The molecule has 1 heterocycles. The zero-order valence-corrected chi connectivity index (χ0v) is 16.2. The fourth-order valence-corrected chi connectivity index (χ4v) is 4.16. The molecule has 1 N–H and O–H groups in total. The summed E-state index contributed by atoms with van der Waals surface area (Å²) in [4.78, 5) is 26.2. The summed E-state index contributed by atoms with van der Waals surface area (Å²) in [6.45, 7) is 3.60. The molecule has 0 radical (unpaired) electrons. The number of thiophene rings is 1. The standard InChI is InChI=1S/C20H20F3NO3S/c1-11-3-8-16-13(9-11)10-17(28-16)19(26)27-12(2)18(25)24-15-6-4-14(5-7-15)20(21,22)23/h4-7,10-12H,3,8-9H2,1-2H3,(H,24,25)/t11-,12+/m1/s1. The smallest absolute Gasteiger partial charge is 0.416 e. The molecule has 0 aliphatic heterocycles. The Balaban J connectivity index is 1.59. The van der Waals surface area contributed by atoms with E-state index >= 15 is 0 Å². The Hall–Kier alpha value is -2.35. The summed E-state index contributed by atoms with van der Waals surface area (Å²) in [7, 11) is 0. The summed E-state index contributed by atoms with van der Waals surface area (Å²) in [5.41, 5.74) is 0.556. The number of alkyl halides is 3. The van der Waals surface area contributed by atoms with Gasteiger partial charge in [-0.15, -0.1) is 11.3 Å². The largest absolute Gasteiger partial charge is 0.448 e. The maximum Gasteiger partial charge on any atom is 0.416 e. The average molecular weight is 411 g/mol. The van der Waals surface area contributed by atoms with Gasteiger partial charge in [0, 0.05) is 10.6 Å².